The van der Waals surface area contributed by atoms with Crippen LogP contribution in [-0.2, 0) is 10.0 Å². The summed E-state index contributed by atoms with van der Waals surface area (Å²) in [7, 11) is -2.19. The van der Waals surface area contributed by atoms with Crippen molar-refractivity contribution in [3.63, 3.8) is 0 Å². The number of sulfonamides is 1. The minimum Gasteiger partial charge on any atom is -0.495 e. The standard InChI is InChI=1S/C32H32ClFN4O4S/c1-42-31-10-8-27(43(40,41)37-13-11-22(12-14-37)23-4-2-3-21(15-23)18-35)17-30(31)38-25-6-7-26(38)20-36(19-25)32(39)28-9-5-24(34)16-29(28)33/h2-5,8-10,15-17,22,25-26H,6-7,11-14,19-20H2,1H3/t25-,26+. The van der Waals surface area contributed by atoms with Gasteiger partial charge in [-0.05, 0) is 85.7 Å². The summed E-state index contributed by atoms with van der Waals surface area (Å²) in [5.74, 6) is 0.0367. The second kappa shape index (κ2) is 11.8. The van der Waals surface area contributed by atoms with Crippen molar-refractivity contribution < 1.29 is 22.3 Å². The molecule has 2 bridgehead atoms. The van der Waals surface area contributed by atoms with Gasteiger partial charge in [-0.25, -0.2) is 12.8 Å². The quantitative estimate of drug-likeness (QED) is 0.364. The molecule has 3 aliphatic rings. The van der Waals surface area contributed by atoms with E-state index in [9.17, 15) is 22.9 Å². The molecule has 43 heavy (non-hydrogen) atoms. The number of methoxy groups -OCH3 is 1. The molecule has 2 atom stereocenters. The van der Waals surface area contributed by atoms with Gasteiger partial charge in [-0.1, -0.05) is 23.7 Å². The number of likely N-dealkylation sites (tertiary alicyclic amines) is 1. The third-order valence-corrected chi connectivity index (χ3v) is 11.1. The third-order valence-electron chi connectivity index (χ3n) is 8.94. The molecule has 8 nitrogen and oxygen atoms in total. The van der Waals surface area contributed by atoms with Crippen LogP contribution in [0.3, 0.4) is 0 Å². The number of ether oxygens (including phenoxy) is 1. The van der Waals surface area contributed by atoms with Crippen LogP contribution < -0.4 is 9.64 Å². The maximum atomic E-state index is 13.8. The lowest BCUT2D eigenvalue weighted by atomic mass is 9.89. The number of carbonyl (C=O) groups excluding carboxylic acids is 1. The van der Waals surface area contributed by atoms with Gasteiger partial charge in [0.15, 0.2) is 0 Å². The number of nitriles is 1. The third kappa shape index (κ3) is 5.57. The molecule has 0 spiro atoms. The van der Waals surface area contributed by atoms with E-state index < -0.39 is 15.8 Å². The number of piperazine rings is 1. The molecular formula is C32H32ClFN4O4S. The molecule has 0 aliphatic carbocycles. The number of hydrogen-bond acceptors (Lipinski definition) is 6. The first kappa shape index (κ1) is 29.4. The zero-order valence-electron chi connectivity index (χ0n) is 23.7. The number of fused-ring (bicyclic) bond motifs is 2. The summed E-state index contributed by atoms with van der Waals surface area (Å²) >= 11 is 6.18. The van der Waals surface area contributed by atoms with Gasteiger partial charge in [-0.2, -0.15) is 9.57 Å². The highest BCUT2D eigenvalue weighted by molar-refractivity contribution is 7.89. The number of piperidine rings is 1. The van der Waals surface area contributed by atoms with Crippen LogP contribution in [-0.4, -0.2) is 68.9 Å². The van der Waals surface area contributed by atoms with E-state index in [-0.39, 0.29) is 39.4 Å². The Morgan fingerprint density at radius 3 is 2.37 bits per heavy atom. The van der Waals surface area contributed by atoms with Gasteiger partial charge in [0.25, 0.3) is 5.91 Å². The molecule has 3 saturated heterocycles. The normalized spacial score (nSPS) is 21.1. The van der Waals surface area contributed by atoms with Gasteiger partial charge >= 0.3 is 0 Å². The molecule has 11 heteroatoms. The lowest BCUT2D eigenvalue weighted by Gasteiger charge is -2.43. The molecule has 3 aromatic rings. The summed E-state index contributed by atoms with van der Waals surface area (Å²) in [5.41, 5.74) is 2.64. The van der Waals surface area contributed by atoms with Crippen molar-refractivity contribution in [2.45, 2.75) is 48.6 Å². The summed E-state index contributed by atoms with van der Waals surface area (Å²) in [4.78, 5) is 17.5. The number of halogens is 2. The molecule has 1 amide bonds. The van der Waals surface area contributed by atoms with Crippen LogP contribution in [0.4, 0.5) is 10.1 Å². The van der Waals surface area contributed by atoms with Gasteiger partial charge in [-0.3, -0.25) is 4.79 Å². The first-order valence-electron chi connectivity index (χ1n) is 14.4. The molecule has 0 saturated carbocycles. The molecule has 224 valence electrons. The van der Waals surface area contributed by atoms with Crippen LogP contribution in [0, 0.1) is 17.1 Å². The van der Waals surface area contributed by atoms with Gasteiger partial charge < -0.3 is 14.5 Å². The Balaban J connectivity index is 1.20. The summed E-state index contributed by atoms with van der Waals surface area (Å²) in [6.45, 7) is 1.65. The van der Waals surface area contributed by atoms with Crippen molar-refractivity contribution in [2.24, 2.45) is 0 Å². The summed E-state index contributed by atoms with van der Waals surface area (Å²) in [6.07, 6.45) is 3.03. The van der Waals surface area contributed by atoms with Gasteiger partial charge in [0.2, 0.25) is 10.0 Å². The summed E-state index contributed by atoms with van der Waals surface area (Å²) in [5, 5.41) is 9.33. The summed E-state index contributed by atoms with van der Waals surface area (Å²) < 4.78 is 48.4. The molecule has 6 rings (SSSR count). The predicted octanol–water partition coefficient (Wildman–Crippen LogP) is 5.42. The zero-order chi connectivity index (χ0) is 30.3. The Morgan fingerprint density at radius 2 is 1.72 bits per heavy atom. The van der Waals surface area contributed by atoms with Crippen molar-refractivity contribution in [1.29, 1.82) is 5.26 Å². The topological polar surface area (TPSA) is 93.9 Å². The van der Waals surface area contributed by atoms with E-state index in [1.165, 1.54) is 12.1 Å². The fraction of sp³-hybridized carbons (Fsp3) is 0.375. The Hall–Kier alpha value is -3.65. The lowest BCUT2D eigenvalue weighted by Crippen LogP contribution is -2.55. The molecule has 0 unspecified atom stereocenters. The van der Waals surface area contributed by atoms with E-state index >= 15 is 0 Å². The molecule has 3 aromatic carbocycles. The van der Waals surface area contributed by atoms with Crippen LogP contribution in [0.2, 0.25) is 5.02 Å². The SMILES string of the molecule is COc1ccc(S(=O)(=O)N2CCC(c3cccc(C#N)c3)CC2)cc1N1[C@@H]2CC[C@H]1CN(C(=O)c1ccc(F)cc1Cl)C2. The van der Waals surface area contributed by atoms with Crippen LogP contribution in [0.25, 0.3) is 0 Å². The minimum absolute atomic E-state index is 0.0336. The molecule has 0 aromatic heterocycles. The van der Waals surface area contributed by atoms with Gasteiger partial charge in [0.05, 0.1) is 39.9 Å². The maximum Gasteiger partial charge on any atom is 0.255 e. The smallest absolute Gasteiger partial charge is 0.255 e. The van der Waals surface area contributed by atoms with Crippen molar-refractivity contribution in [1.82, 2.24) is 9.21 Å². The average molecular weight is 623 g/mol. The second-order valence-electron chi connectivity index (χ2n) is 11.4. The number of nitrogens with zero attached hydrogens (tertiary/aromatic N) is 4. The zero-order valence-corrected chi connectivity index (χ0v) is 25.3. The Morgan fingerprint density at radius 1 is 1.00 bits per heavy atom. The fourth-order valence-corrected chi connectivity index (χ4v) is 8.51. The Bertz CT molecular complexity index is 1690. The average Bonchev–Trinajstić information content (AvgIpc) is 3.28. The fourth-order valence-electron chi connectivity index (χ4n) is 6.77. The number of benzene rings is 3. The largest absolute Gasteiger partial charge is 0.495 e. The predicted molar refractivity (Wildman–Crippen MR) is 161 cm³/mol. The van der Waals surface area contributed by atoms with Crippen LogP contribution in [0.1, 0.15) is 53.1 Å². The lowest BCUT2D eigenvalue weighted by molar-refractivity contribution is 0.0718. The Kier molecular flexibility index (Phi) is 8.07. The van der Waals surface area contributed by atoms with Crippen molar-refractivity contribution in [3.05, 3.63) is 88.2 Å². The van der Waals surface area contributed by atoms with E-state index in [0.717, 1.165) is 24.5 Å². The van der Waals surface area contributed by atoms with E-state index in [4.69, 9.17) is 16.3 Å². The number of anilines is 1. The number of rotatable bonds is 6. The van der Waals surface area contributed by atoms with Crippen LogP contribution >= 0.6 is 11.6 Å². The molecular weight excluding hydrogens is 591 g/mol. The first-order chi connectivity index (χ1) is 20.7. The van der Waals surface area contributed by atoms with E-state index in [1.807, 2.05) is 18.2 Å². The first-order valence-corrected chi connectivity index (χ1v) is 16.2. The van der Waals surface area contributed by atoms with Gasteiger partial charge in [0, 0.05) is 38.3 Å². The highest BCUT2D eigenvalue weighted by Crippen LogP contribution is 2.42. The van der Waals surface area contributed by atoms with E-state index in [1.54, 1.807) is 40.6 Å². The second-order valence-corrected chi connectivity index (χ2v) is 13.7. The van der Waals surface area contributed by atoms with Crippen molar-refractivity contribution in [3.8, 4) is 11.8 Å². The number of amides is 1. The molecule has 0 N–H and O–H groups in total. The highest BCUT2D eigenvalue weighted by atomic mass is 35.5. The molecule has 0 radical (unpaired) electrons. The molecule has 3 fully saturated rings. The van der Waals surface area contributed by atoms with Crippen LogP contribution in [0.5, 0.6) is 5.75 Å². The van der Waals surface area contributed by atoms with Crippen LogP contribution in [0.15, 0.2) is 65.6 Å². The number of carbonyl (C=O) groups is 1. The highest BCUT2D eigenvalue weighted by Gasteiger charge is 2.43. The van der Waals surface area contributed by atoms with Crippen molar-refractivity contribution in [2.75, 3.05) is 38.2 Å². The minimum atomic E-state index is -3.76. The summed E-state index contributed by atoms with van der Waals surface area (Å²) in [6, 6.07) is 18.4. The monoisotopic (exact) mass is 622 g/mol. The van der Waals surface area contributed by atoms with Gasteiger partial charge in [-0.15, -0.1) is 0 Å². The molecule has 3 heterocycles. The maximum absolute atomic E-state index is 13.8. The van der Waals surface area contributed by atoms with Gasteiger partial charge in [0.1, 0.15) is 11.6 Å². The molecule has 3 aliphatic heterocycles. The van der Waals surface area contributed by atoms with E-state index in [0.29, 0.717) is 56.0 Å². The van der Waals surface area contributed by atoms with Crippen molar-refractivity contribution >= 4 is 33.2 Å². The van der Waals surface area contributed by atoms with E-state index in [2.05, 4.69) is 11.0 Å². The number of hydrogen-bond donors (Lipinski definition) is 0. The Labute approximate surface area is 256 Å².